The Morgan fingerprint density at radius 3 is 2.58 bits per heavy atom. The van der Waals surface area contributed by atoms with Crippen LogP contribution in [0, 0.1) is 5.41 Å². The molecule has 24 heavy (non-hydrogen) atoms. The number of nitrogens with zero attached hydrogens (tertiary/aromatic N) is 1. The largest absolute Gasteiger partial charge is 0.462 e. The van der Waals surface area contributed by atoms with E-state index in [0.717, 1.165) is 37.1 Å². The van der Waals surface area contributed by atoms with Crippen LogP contribution in [0.5, 0.6) is 0 Å². The molecule has 0 N–H and O–H groups in total. The van der Waals surface area contributed by atoms with Crippen molar-refractivity contribution in [1.29, 1.82) is 0 Å². The van der Waals surface area contributed by atoms with Crippen molar-refractivity contribution < 1.29 is 14.3 Å². The molecule has 130 valence electrons. The Morgan fingerprint density at radius 2 is 1.96 bits per heavy atom. The number of hydrogen-bond acceptors (Lipinski definition) is 4. The lowest BCUT2D eigenvalue weighted by atomic mass is 9.75. The molecule has 0 aromatic carbocycles. The second-order valence-electron chi connectivity index (χ2n) is 7.65. The number of rotatable bonds is 3. The third-order valence-corrected chi connectivity index (χ3v) is 5.40. The van der Waals surface area contributed by atoms with Gasteiger partial charge in [-0.1, -0.05) is 38.3 Å². The minimum Gasteiger partial charge on any atom is -0.462 e. The first-order valence-corrected chi connectivity index (χ1v) is 9.14. The van der Waals surface area contributed by atoms with Crippen molar-refractivity contribution in [2.75, 3.05) is 6.61 Å². The van der Waals surface area contributed by atoms with Gasteiger partial charge in [-0.25, -0.2) is 4.79 Å². The Hall–Kier alpha value is -1.42. The minimum atomic E-state index is -0.461. The molecular weight excluding hydrogens is 326 g/mol. The number of halogens is 1. The normalized spacial score (nSPS) is 20.1. The van der Waals surface area contributed by atoms with Crippen molar-refractivity contribution in [2.45, 2.75) is 65.2 Å². The molecule has 4 nitrogen and oxygen atoms in total. The highest BCUT2D eigenvalue weighted by molar-refractivity contribution is 6.37. The van der Waals surface area contributed by atoms with E-state index in [1.54, 1.807) is 6.92 Å². The molecule has 0 bridgehead atoms. The molecule has 0 amide bonds. The Labute approximate surface area is 147 Å². The van der Waals surface area contributed by atoms with Crippen LogP contribution in [-0.4, -0.2) is 23.3 Å². The topological polar surface area (TPSA) is 56.3 Å². The number of fused-ring (bicyclic) bond motifs is 1. The van der Waals surface area contributed by atoms with E-state index in [-0.39, 0.29) is 28.7 Å². The average molecular weight is 350 g/mol. The summed E-state index contributed by atoms with van der Waals surface area (Å²) in [6.45, 7) is 6.17. The van der Waals surface area contributed by atoms with Gasteiger partial charge in [0.05, 0.1) is 28.6 Å². The molecule has 0 aliphatic heterocycles. The van der Waals surface area contributed by atoms with Crippen LogP contribution in [0.1, 0.15) is 90.9 Å². The summed E-state index contributed by atoms with van der Waals surface area (Å²) < 4.78 is 5.20. The number of Topliss-reactive ketones (excluding diaryl/α,β-unsaturated/α-hetero) is 1. The quantitative estimate of drug-likeness (QED) is 0.740. The van der Waals surface area contributed by atoms with E-state index in [9.17, 15) is 9.59 Å². The average Bonchev–Trinajstić information content (AvgIpc) is 2.98. The summed E-state index contributed by atoms with van der Waals surface area (Å²) in [5.41, 5.74) is 2.10. The van der Waals surface area contributed by atoms with E-state index in [1.165, 1.54) is 0 Å². The van der Waals surface area contributed by atoms with Crippen LogP contribution in [-0.2, 0) is 11.2 Å². The molecule has 2 aliphatic carbocycles. The molecule has 3 rings (SSSR count). The van der Waals surface area contributed by atoms with E-state index in [0.29, 0.717) is 24.0 Å². The first-order valence-electron chi connectivity index (χ1n) is 8.76. The lowest BCUT2D eigenvalue weighted by Gasteiger charge is -2.31. The molecule has 0 spiro atoms. The van der Waals surface area contributed by atoms with Gasteiger partial charge >= 0.3 is 5.97 Å². The van der Waals surface area contributed by atoms with Gasteiger partial charge in [-0.3, -0.25) is 9.78 Å². The van der Waals surface area contributed by atoms with Gasteiger partial charge in [-0.2, -0.15) is 0 Å². The second kappa shape index (κ2) is 6.47. The summed E-state index contributed by atoms with van der Waals surface area (Å²) in [5, 5.41) is 0.251. The van der Waals surface area contributed by atoms with Crippen molar-refractivity contribution in [3.8, 4) is 0 Å². The fraction of sp³-hybridized carbons (Fsp3) is 0.632. The molecule has 0 radical (unpaired) electrons. The van der Waals surface area contributed by atoms with E-state index in [4.69, 9.17) is 21.3 Å². The maximum atomic E-state index is 12.6. The third kappa shape index (κ3) is 3.08. The van der Waals surface area contributed by atoms with Crippen LogP contribution in [0.2, 0.25) is 5.02 Å². The Kier molecular flexibility index (Phi) is 4.69. The van der Waals surface area contributed by atoms with Gasteiger partial charge in [0.15, 0.2) is 5.78 Å². The molecule has 1 saturated carbocycles. The third-order valence-electron chi connectivity index (χ3n) is 5.02. The lowest BCUT2D eigenvalue weighted by Crippen LogP contribution is -2.30. The number of esters is 1. The smallest absolute Gasteiger partial charge is 0.341 e. The Morgan fingerprint density at radius 1 is 1.29 bits per heavy atom. The van der Waals surface area contributed by atoms with Crippen LogP contribution in [0.25, 0.3) is 0 Å². The van der Waals surface area contributed by atoms with Crippen molar-refractivity contribution in [3.05, 3.63) is 27.5 Å². The van der Waals surface area contributed by atoms with Gasteiger partial charge in [-0.15, -0.1) is 0 Å². The van der Waals surface area contributed by atoms with Gasteiger partial charge in [0, 0.05) is 12.3 Å². The molecular formula is C19H24ClNO3. The zero-order valence-corrected chi connectivity index (χ0v) is 15.3. The number of hydrogen-bond donors (Lipinski definition) is 0. The molecule has 0 atom stereocenters. The van der Waals surface area contributed by atoms with Crippen LogP contribution in [0.4, 0.5) is 0 Å². The van der Waals surface area contributed by atoms with Gasteiger partial charge < -0.3 is 4.74 Å². The number of carbonyl (C=O) groups is 2. The number of carbonyl (C=O) groups excluding carboxylic acids is 2. The number of aromatic nitrogens is 1. The summed E-state index contributed by atoms with van der Waals surface area (Å²) in [6, 6.07) is 0. The van der Waals surface area contributed by atoms with Gasteiger partial charge in [0.1, 0.15) is 5.56 Å². The first-order chi connectivity index (χ1) is 11.3. The monoisotopic (exact) mass is 349 g/mol. The molecule has 1 aromatic rings. The van der Waals surface area contributed by atoms with Crippen LogP contribution in [0.15, 0.2) is 0 Å². The summed E-state index contributed by atoms with van der Waals surface area (Å²) in [4.78, 5) is 29.9. The lowest BCUT2D eigenvalue weighted by molar-refractivity contribution is 0.0524. The molecule has 5 heteroatoms. The van der Waals surface area contributed by atoms with E-state index < -0.39 is 5.97 Å². The summed E-state index contributed by atoms with van der Waals surface area (Å²) >= 11 is 6.57. The minimum absolute atomic E-state index is 0.0257. The zero-order chi connectivity index (χ0) is 17.5. The van der Waals surface area contributed by atoms with Crippen LogP contribution in [0.3, 0.4) is 0 Å². The van der Waals surface area contributed by atoms with Gasteiger partial charge in [0.2, 0.25) is 0 Å². The van der Waals surface area contributed by atoms with Crippen molar-refractivity contribution in [1.82, 2.24) is 4.98 Å². The first kappa shape index (κ1) is 17.4. The van der Waals surface area contributed by atoms with Crippen LogP contribution >= 0.6 is 11.6 Å². The van der Waals surface area contributed by atoms with Crippen molar-refractivity contribution in [2.24, 2.45) is 5.41 Å². The number of ketones is 1. The summed E-state index contributed by atoms with van der Waals surface area (Å²) in [7, 11) is 0. The maximum absolute atomic E-state index is 12.6. The highest BCUT2D eigenvalue weighted by Gasteiger charge is 2.38. The fourth-order valence-corrected chi connectivity index (χ4v) is 4.35. The highest BCUT2D eigenvalue weighted by Crippen LogP contribution is 2.43. The number of pyridine rings is 1. The molecule has 1 heterocycles. The second-order valence-corrected chi connectivity index (χ2v) is 8.03. The van der Waals surface area contributed by atoms with E-state index >= 15 is 0 Å². The molecule has 0 saturated heterocycles. The number of ether oxygens (including phenoxy) is 1. The molecule has 0 unspecified atom stereocenters. The maximum Gasteiger partial charge on any atom is 0.341 e. The predicted molar refractivity (Wildman–Crippen MR) is 92.8 cm³/mol. The van der Waals surface area contributed by atoms with Gasteiger partial charge in [-0.05, 0) is 31.6 Å². The summed E-state index contributed by atoms with van der Waals surface area (Å²) in [6.07, 6.45) is 5.41. The molecule has 2 aliphatic rings. The van der Waals surface area contributed by atoms with Crippen molar-refractivity contribution in [3.63, 3.8) is 0 Å². The summed E-state index contributed by atoms with van der Waals surface area (Å²) in [5.74, 6) is -0.257. The Balaban J connectivity index is 2.18. The molecule has 1 fully saturated rings. The standard InChI is InChI=1S/C19H24ClNO3/c1-4-24-18(23)15-16(20)14-12(9-19(2,3)10-13(14)22)21-17(15)11-7-5-6-8-11/h11H,4-10H2,1-3H3. The SMILES string of the molecule is CCOC(=O)c1c(C2CCCC2)nc2c(c1Cl)C(=O)CC(C)(C)C2. The Bertz CT molecular complexity index is 690. The predicted octanol–water partition coefficient (Wildman–Crippen LogP) is 4.72. The van der Waals surface area contributed by atoms with E-state index in [1.807, 2.05) is 0 Å². The van der Waals surface area contributed by atoms with Crippen molar-refractivity contribution >= 4 is 23.4 Å². The molecule has 1 aromatic heterocycles. The van der Waals surface area contributed by atoms with Gasteiger partial charge in [0.25, 0.3) is 0 Å². The van der Waals surface area contributed by atoms with E-state index in [2.05, 4.69) is 13.8 Å². The highest BCUT2D eigenvalue weighted by atomic mass is 35.5. The van der Waals surface area contributed by atoms with Crippen LogP contribution < -0.4 is 0 Å². The fourth-order valence-electron chi connectivity index (χ4n) is 3.96. The zero-order valence-electron chi connectivity index (χ0n) is 14.6.